The van der Waals surface area contributed by atoms with Crippen molar-refractivity contribution < 1.29 is 9.53 Å². The van der Waals surface area contributed by atoms with Gasteiger partial charge in [-0.3, -0.25) is 0 Å². The van der Waals surface area contributed by atoms with Gasteiger partial charge in [0.1, 0.15) is 0 Å². The summed E-state index contributed by atoms with van der Waals surface area (Å²) < 4.78 is 5.51. The molecule has 1 aliphatic rings. The number of rotatable bonds is 1. The molecule has 0 spiro atoms. The molecule has 2 amide bonds. The summed E-state index contributed by atoms with van der Waals surface area (Å²) in [6.07, 6.45) is 0.0423. The van der Waals surface area contributed by atoms with Crippen LogP contribution >= 0.6 is 0 Å². The van der Waals surface area contributed by atoms with Crippen molar-refractivity contribution in [2.75, 3.05) is 26.7 Å². The zero-order valence-electron chi connectivity index (χ0n) is 8.12. The maximum Gasteiger partial charge on any atom is 0.317 e. The summed E-state index contributed by atoms with van der Waals surface area (Å²) in [7, 11) is 1.62. The van der Waals surface area contributed by atoms with Gasteiger partial charge < -0.3 is 20.7 Å². The van der Waals surface area contributed by atoms with E-state index in [0.29, 0.717) is 19.6 Å². The zero-order chi connectivity index (χ0) is 9.84. The maximum atomic E-state index is 11.3. The summed E-state index contributed by atoms with van der Waals surface area (Å²) >= 11 is 0. The summed E-state index contributed by atoms with van der Waals surface area (Å²) in [4.78, 5) is 13.0. The fraction of sp³-hybridized carbons (Fsp3) is 0.875. The van der Waals surface area contributed by atoms with E-state index in [1.54, 1.807) is 11.9 Å². The number of nitrogens with one attached hydrogen (secondary N) is 1. The van der Waals surface area contributed by atoms with Crippen LogP contribution in [0, 0.1) is 0 Å². The second-order valence-corrected chi connectivity index (χ2v) is 3.26. The molecule has 1 rings (SSSR count). The van der Waals surface area contributed by atoms with Crippen molar-refractivity contribution >= 4 is 6.03 Å². The van der Waals surface area contributed by atoms with E-state index in [4.69, 9.17) is 10.5 Å². The predicted molar refractivity (Wildman–Crippen MR) is 49.4 cm³/mol. The van der Waals surface area contributed by atoms with Gasteiger partial charge in [-0.15, -0.1) is 0 Å². The molecule has 3 N–H and O–H groups in total. The van der Waals surface area contributed by atoms with Crippen molar-refractivity contribution in [1.82, 2.24) is 10.2 Å². The molecule has 0 aromatic rings. The smallest absolute Gasteiger partial charge is 0.317 e. The number of carbonyl (C=O) groups is 1. The van der Waals surface area contributed by atoms with E-state index in [1.165, 1.54) is 0 Å². The number of hydrogen-bond donors (Lipinski definition) is 2. The molecule has 2 atom stereocenters. The number of hydrogen-bond acceptors (Lipinski definition) is 3. The first-order chi connectivity index (χ1) is 6.17. The molecule has 76 valence electrons. The quantitative estimate of drug-likeness (QED) is 0.574. The van der Waals surface area contributed by atoms with Gasteiger partial charge in [-0.2, -0.15) is 0 Å². The van der Waals surface area contributed by atoms with E-state index in [9.17, 15) is 4.79 Å². The van der Waals surface area contributed by atoms with Gasteiger partial charge in [0, 0.05) is 26.7 Å². The third-order valence-corrected chi connectivity index (χ3v) is 2.09. The highest BCUT2D eigenvalue weighted by atomic mass is 16.5. The Kier molecular flexibility index (Phi) is 3.50. The van der Waals surface area contributed by atoms with Gasteiger partial charge in [-0.25, -0.2) is 4.79 Å². The highest BCUT2D eigenvalue weighted by Crippen LogP contribution is 2.09. The van der Waals surface area contributed by atoms with Crippen LogP contribution in [-0.2, 0) is 4.74 Å². The molecule has 1 aliphatic heterocycles. The highest BCUT2D eigenvalue weighted by Gasteiger charge is 2.26. The third kappa shape index (κ3) is 2.57. The van der Waals surface area contributed by atoms with Crippen LogP contribution in [0.5, 0.6) is 0 Å². The minimum atomic E-state index is -0.0615. The third-order valence-electron chi connectivity index (χ3n) is 2.09. The summed E-state index contributed by atoms with van der Waals surface area (Å²) in [5.41, 5.74) is 5.49. The molecule has 2 unspecified atom stereocenters. The first-order valence-corrected chi connectivity index (χ1v) is 4.49. The molecule has 13 heavy (non-hydrogen) atoms. The average molecular weight is 187 g/mol. The first kappa shape index (κ1) is 10.3. The van der Waals surface area contributed by atoms with Gasteiger partial charge in [0.25, 0.3) is 0 Å². The number of nitrogens with two attached hydrogens (primary N) is 1. The van der Waals surface area contributed by atoms with E-state index in [-0.39, 0.29) is 18.2 Å². The van der Waals surface area contributed by atoms with Gasteiger partial charge in [-0.1, -0.05) is 0 Å². The molecule has 0 radical (unpaired) electrons. The summed E-state index contributed by atoms with van der Waals surface area (Å²) in [5.74, 6) is 0. The number of ether oxygens (including phenoxy) is 1. The molecule has 1 saturated heterocycles. The second kappa shape index (κ2) is 4.43. The fourth-order valence-electron chi connectivity index (χ4n) is 1.50. The number of urea groups is 1. The lowest BCUT2D eigenvalue weighted by Crippen LogP contribution is -2.53. The first-order valence-electron chi connectivity index (χ1n) is 4.49. The molecule has 0 bridgehead atoms. The van der Waals surface area contributed by atoms with Crippen LogP contribution < -0.4 is 11.1 Å². The summed E-state index contributed by atoms with van der Waals surface area (Å²) in [5, 5.41) is 2.59. The zero-order valence-corrected chi connectivity index (χ0v) is 8.12. The number of morpholine rings is 1. The van der Waals surface area contributed by atoms with Gasteiger partial charge >= 0.3 is 6.03 Å². The van der Waals surface area contributed by atoms with Crippen molar-refractivity contribution in [3.8, 4) is 0 Å². The lowest BCUT2D eigenvalue weighted by Gasteiger charge is -2.35. The van der Waals surface area contributed by atoms with Gasteiger partial charge in [-0.05, 0) is 6.92 Å². The molecule has 0 aromatic heterocycles. The van der Waals surface area contributed by atoms with Crippen LogP contribution in [0.2, 0.25) is 0 Å². The van der Waals surface area contributed by atoms with Crippen LogP contribution in [-0.4, -0.2) is 49.8 Å². The van der Waals surface area contributed by atoms with Crippen molar-refractivity contribution in [2.45, 2.75) is 19.1 Å². The molecule has 5 nitrogen and oxygen atoms in total. The Morgan fingerprint density at radius 3 is 2.92 bits per heavy atom. The molecule has 0 saturated carbocycles. The van der Waals surface area contributed by atoms with Crippen molar-refractivity contribution in [2.24, 2.45) is 5.73 Å². The summed E-state index contributed by atoms with van der Waals surface area (Å²) in [6.45, 7) is 3.62. The predicted octanol–water partition coefficient (Wildman–Crippen LogP) is -0.626. The lowest BCUT2D eigenvalue weighted by molar-refractivity contribution is -0.0585. The largest absolute Gasteiger partial charge is 0.370 e. The maximum absolute atomic E-state index is 11.3. The molecule has 0 aliphatic carbocycles. The van der Waals surface area contributed by atoms with E-state index in [0.717, 1.165) is 0 Å². The fourth-order valence-corrected chi connectivity index (χ4v) is 1.50. The van der Waals surface area contributed by atoms with E-state index < -0.39 is 0 Å². The van der Waals surface area contributed by atoms with Crippen LogP contribution in [0.3, 0.4) is 0 Å². The lowest BCUT2D eigenvalue weighted by atomic mass is 10.2. The molecular weight excluding hydrogens is 170 g/mol. The van der Waals surface area contributed by atoms with E-state index in [2.05, 4.69) is 5.32 Å². The standard InChI is InChI=1S/C8H17N3O2/c1-6-4-11(8(12)10-2)5-7(3-9)13-6/h6-7H,3-5,9H2,1-2H3,(H,10,12). The molecular formula is C8H17N3O2. The Balaban J connectivity index is 2.51. The van der Waals surface area contributed by atoms with Gasteiger partial charge in [0.15, 0.2) is 0 Å². The molecule has 1 heterocycles. The van der Waals surface area contributed by atoms with Crippen molar-refractivity contribution in [3.63, 3.8) is 0 Å². The van der Waals surface area contributed by atoms with Crippen molar-refractivity contribution in [3.05, 3.63) is 0 Å². The van der Waals surface area contributed by atoms with Crippen LogP contribution in [0.15, 0.2) is 0 Å². The SMILES string of the molecule is CNC(=O)N1CC(C)OC(CN)C1. The monoisotopic (exact) mass is 187 g/mol. The van der Waals surface area contributed by atoms with Crippen LogP contribution in [0.1, 0.15) is 6.92 Å². The van der Waals surface area contributed by atoms with Gasteiger partial charge in [0.05, 0.1) is 12.2 Å². The average Bonchev–Trinajstić information content (AvgIpc) is 2.15. The Bertz CT molecular complexity index is 186. The minimum absolute atomic E-state index is 0.0268. The van der Waals surface area contributed by atoms with Gasteiger partial charge in [0.2, 0.25) is 0 Å². The second-order valence-electron chi connectivity index (χ2n) is 3.26. The number of amides is 2. The topological polar surface area (TPSA) is 67.6 Å². The molecule has 0 aromatic carbocycles. The Morgan fingerprint density at radius 1 is 1.69 bits per heavy atom. The number of nitrogens with zero attached hydrogens (tertiary/aromatic N) is 1. The Labute approximate surface area is 78.2 Å². The normalized spacial score (nSPS) is 28.7. The van der Waals surface area contributed by atoms with Crippen LogP contribution in [0.4, 0.5) is 4.79 Å². The number of carbonyl (C=O) groups excluding carboxylic acids is 1. The minimum Gasteiger partial charge on any atom is -0.370 e. The highest BCUT2D eigenvalue weighted by molar-refractivity contribution is 5.73. The Morgan fingerprint density at radius 2 is 2.38 bits per heavy atom. The molecule has 5 heteroatoms. The summed E-state index contributed by atoms with van der Waals surface area (Å²) in [6, 6.07) is -0.0615. The van der Waals surface area contributed by atoms with Crippen LogP contribution in [0.25, 0.3) is 0 Å². The van der Waals surface area contributed by atoms with E-state index >= 15 is 0 Å². The molecule has 1 fully saturated rings. The van der Waals surface area contributed by atoms with E-state index in [1.807, 2.05) is 6.92 Å². The Hall–Kier alpha value is -0.810. The van der Waals surface area contributed by atoms with Crippen molar-refractivity contribution in [1.29, 1.82) is 0 Å².